The first-order valence-corrected chi connectivity index (χ1v) is 15.9. The van der Waals surface area contributed by atoms with E-state index in [4.69, 9.17) is 0 Å². The van der Waals surface area contributed by atoms with Gasteiger partial charge in [0.05, 0.1) is 0 Å². The monoisotopic (exact) mass is 572 g/mol. The van der Waals surface area contributed by atoms with Crippen LogP contribution in [0.2, 0.25) is 0 Å². The fourth-order valence-electron chi connectivity index (χ4n) is 7.84. The summed E-state index contributed by atoms with van der Waals surface area (Å²) in [5, 5.41) is 7.66. The van der Waals surface area contributed by atoms with Crippen LogP contribution in [-0.4, -0.2) is 0 Å². The van der Waals surface area contributed by atoms with Crippen molar-refractivity contribution in [3.63, 3.8) is 0 Å². The van der Waals surface area contributed by atoms with Gasteiger partial charge in [0.25, 0.3) is 0 Å². The lowest BCUT2D eigenvalue weighted by Crippen LogP contribution is -2.14. The second-order valence-corrected chi connectivity index (χ2v) is 12.9. The molecule has 0 heterocycles. The van der Waals surface area contributed by atoms with E-state index in [-0.39, 0.29) is 5.41 Å². The van der Waals surface area contributed by atoms with Crippen LogP contribution in [0.3, 0.4) is 0 Å². The van der Waals surface area contributed by atoms with Crippen LogP contribution in [0.1, 0.15) is 25.0 Å². The molecule has 1 aliphatic carbocycles. The van der Waals surface area contributed by atoms with E-state index < -0.39 is 0 Å². The molecule has 9 rings (SSSR count). The Morgan fingerprint density at radius 2 is 0.800 bits per heavy atom. The summed E-state index contributed by atoms with van der Waals surface area (Å²) in [5.41, 5.74) is 13.1. The molecule has 0 heteroatoms. The van der Waals surface area contributed by atoms with E-state index >= 15 is 0 Å². The average Bonchev–Trinajstić information content (AvgIpc) is 3.32. The van der Waals surface area contributed by atoms with Crippen molar-refractivity contribution < 1.29 is 0 Å². The zero-order valence-electron chi connectivity index (χ0n) is 25.5. The molecule has 0 N–H and O–H groups in total. The molecular weight excluding hydrogens is 540 g/mol. The summed E-state index contributed by atoms with van der Waals surface area (Å²) in [6.45, 7) is 4.70. The van der Waals surface area contributed by atoms with Gasteiger partial charge >= 0.3 is 0 Å². The van der Waals surface area contributed by atoms with Gasteiger partial charge in [-0.3, -0.25) is 0 Å². The number of hydrogen-bond acceptors (Lipinski definition) is 0. The van der Waals surface area contributed by atoms with Gasteiger partial charge in [-0.15, -0.1) is 0 Å². The van der Waals surface area contributed by atoms with E-state index in [1.54, 1.807) is 0 Å². The number of rotatable bonds is 3. The van der Waals surface area contributed by atoms with E-state index in [9.17, 15) is 0 Å². The summed E-state index contributed by atoms with van der Waals surface area (Å²) in [5.74, 6) is 0. The van der Waals surface area contributed by atoms with Crippen molar-refractivity contribution in [3.8, 4) is 44.5 Å². The SMILES string of the molecule is CC1(C)c2ccccc2-c2cc(-c3c4ccccc4c(-c4ccc5cc(-c6ccccc6)ccc5c4)c4ccccc34)ccc21. The summed E-state index contributed by atoms with van der Waals surface area (Å²) in [6, 6.07) is 58.4. The standard InChI is InChI=1S/C45H32/c1-45(2)41-19-11-10-14-35(41)40-28-34(24-25-42(40)45)44-38-17-8-6-15-36(38)43(37-16-7-9-18-39(37)44)33-23-22-31-26-30(20-21-32(31)27-33)29-12-4-3-5-13-29/h3-28H,1-2H3. The van der Waals surface area contributed by atoms with Gasteiger partial charge < -0.3 is 0 Å². The average molecular weight is 573 g/mol. The van der Waals surface area contributed by atoms with Crippen molar-refractivity contribution in [2.45, 2.75) is 19.3 Å². The van der Waals surface area contributed by atoms with Gasteiger partial charge in [-0.25, -0.2) is 0 Å². The van der Waals surface area contributed by atoms with Crippen molar-refractivity contribution in [3.05, 3.63) is 169 Å². The Labute approximate surface area is 264 Å². The van der Waals surface area contributed by atoms with Crippen LogP contribution in [0.25, 0.3) is 76.8 Å². The van der Waals surface area contributed by atoms with Gasteiger partial charge in [0.2, 0.25) is 0 Å². The molecule has 8 aromatic carbocycles. The maximum absolute atomic E-state index is 2.44. The third kappa shape index (κ3) is 3.92. The van der Waals surface area contributed by atoms with Crippen molar-refractivity contribution in [2.75, 3.05) is 0 Å². The van der Waals surface area contributed by atoms with E-state index in [2.05, 4.69) is 172 Å². The van der Waals surface area contributed by atoms with Gasteiger partial charge in [0.1, 0.15) is 0 Å². The smallest absolute Gasteiger partial charge is 0.0158 e. The fraction of sp³-hybridized carbons (Fsp3) is 0.0667. The summed E-state index contributed by atoms with van der Waals surface area (Å²) < 4.78 is 0. The van der Waals surface area contributed by atoms with Gasteiger partial charge in [-0.2, -0.15) is 0 Å². The summed E-state index contributed by atoms with van der Waals surface area (Å²) in [7, 11) is 0. The minimum Gasteiger partial charge on any atom is -0.0622 e. The Hall–Kier alpha value is -5.46. The van der Waals surface area contributed by atoms with Gasteiger partial charge in [-0.05, 0) is 106 Å². The molecule has 212 valence electrons. The van der Waals surface area contributed by atoms with E-state index in [1.807, 2.05) is 0 Å². The normalized spacial score (nSPS) is 13.3. The lowest BCUT2D eigenvalue weighted by molar-refractivity contribution is 0.660. The summed E-state index contributed by atoms with van der Waals surface area (Å²) in [6.07, 6.45) is 0. The Bertz CT molecular complexity index is 2390. The Morgan fingerprint density at radius 1 is 0.333 bits per heavy atom. The largest absolute Gasteiger partial charge is 0.0622 e. The molecule has 0 bridgehead atoms. The van der Waals surface area contributed by atoms with Crippen molar-refractivity contribution in [1.82, 2.24) is 0 Å². The molecule has 0 fully saturated rings. The Kier molecular flexibility index (Phi) is 5.64. The molecule has 0 radical (unpaired) electrons. The fourth-order valence-corrected chi connectivity index (χ4v) is 7.84. The van der Waals surface area contributed by atoms with E-state index in [1.165, 1.54) is 88.0 Å². The first-order chi connectivity index (χ1) is 22.1. The second kappa shape index (κ2) is 9.78. The summed E-state index contributed by atoms with van der Waals surface area (Å²) >= 11 is 0. The lowest BCUT2D eigenvalue weighted by atomic mass is 9.81. The van der Waals surface area contributed by atoms with Crippen LogP contribution < -0.4 is 0 Å². The molecule has 0 nitrogen and oxygen atoms in total. The topological polar surface area (TPSA) is 0 Å². The molecular formula is C45H32. The predicted octanol–water partition coefficient (Wildman–Crippen LogP) is 12.5. The van der Waals surface area contributed by atoms with Crippen LogP contribution in [-0.2, 0) is 5.41 Å². The molecule has 0 atom stereocenters. The van der Waals surface area contributed by atoms with Crippen LogP contribution in [0, 0.1) is 0 Å². The minimum absolute atomic E-state index is 0.00358. The van der Waals surface area contributed by atoms with Crippen LogP contribution in [0.4, 0.5) is 0 Å². The third-order valence-electron chi connectivity index (χ3n) is 10.0. The highest BCUT2D eigenvalue weighted by Gasteiger charge is 2.35. The van der Waals surface area contributed by atoms with Crippen LogP contribution in [0.15, 0.2) is 158 Å². The highest BCUT2D eigenvalue weighted by Crippen LogP contribution is 2.51. The van der Waals surface area contributed by atoms with E-state index in [0.29, 0.717) is 0 Å². The first-order valence-electron chi connectivity index (χ1n) is 15.9. The molecule has 0 amide bonds. The molecule has 0 spiro atoms. The quantitative estimate of drug-likeness (QED) is 0.185. The van der Waals surface area contributed by atoms with Crippen molar-refractivity contribution >= 4 is 32.3 Å². The number of benzene rings is 8. The second-order valence-electron chi connectivity index (χ2n) is 12.9. The molecule has 0 aliphatic heterocycles. The van der Waals surface area contributed by atoms with Crippen LogP contribution in [0.5, 0.6) is 0 Å². The molecule has 1 aliphatic rings. The molecule has 0 saturated carbocycles. The number of hydrogen-bond donors (Lipinski definition) is 0. The third-order valence-corrected chi connectivity index (χ3v) is 10.0. The molecule has 45 heavy (non-hydrogen) atoms. The van der Waals surface area contributed by atoms with Crippen molar-refractivity contribution in [2.24, 2.45) is 0 Å². The van der Waals surface area contributed by atoms with Gasteiger partial charge in [-0.1, -0.05) is 153 Å². The Morgan fingerprint density at radius 3 is 1.44 bits per heavy atom. The maximum Gasteiger partial charge on any atom is 0.0158 e. The van der Waals surface area contributed by atoms with Gasteiger partial charge in [0, 0.05) is 5.41 Å². The maximum atomic E-state index is 2.44. The zero-order chi connectivity index (χ0) is 30.1. The number of fused-ring (bicyclic) bond motifs is 6. The van der Waals surface area contributed by atoms with Gasteiger partial charge in [0.15, 0.2) is 0 Å². The highest BCUT2D eigenvalue weighted by molar-refractivity contribution is 6.22. The first kappa shape index (κ1) is 26.0. The highest BCUT2D eigenvalue weighted by atomic mass is 14.4. The van der Waals surface area contributed by atoms with Crippen molar-refractivity contribution in [1.29, 1.82) is 0 Å². The lowest BCUT2D eigenvalue weighted by Gasteiger charge is -2.22. The zero-order valence-corrected chi connectivity index (χ0v) is 25.5. The summed E-state index contributed by atoms with van der Waals surface area (Å²) in [4.78, 5) is 0. The predicted molar refractivity (Wildman–Crippen MR) is 193 cm³/mol. The van der Waals surface area contributed by atoms with Crippen LogP contribution >= 0.6 is 0 Å². The molecule has 0 saturated heterocycles. The molecule has 0 unspecified atom stereocenters. The minimum atomic E-state index is -0.00358. The van der Waals surface area contributed by atoms with E-state index in [0.717, 1.165) is 0 Å². The molecule has 8 aromatic rings. The Balaban J connectivity index is 1.27. The molecule has 0 aromatic heterocycles.